The Morgan fingerprint density at radius 3 is 2.52 bits per heavy atom. The Bertz CT molecular complexity index is 623. The largest absolute Gasteiger partial charge is 0.310 e. The predicted octanol–water partition coefficient (Wildman–Crippen LogP) is 4.73. The average molecular weight is 284 g/mol. The molecule has 21 heavy (non-hydrogen) atoms. The zero-order valence-electron chi connectivity index (χ0n) is 14.2. The van der Waals surface area contributed by atoms with Crippen molar-refractivity contribution in [2.45, 2.75) is 66.0 Å². The van der Waals surface area contributed by atoms with Gasteiger partial charge >= 0.3 is 0 Å². The topological polar surface area (TPSA) is 24.9 Å². The fourth-order valence-electron chi connectivity index (χ4n) is 2.37. The molecule has 0 aliphatic rings. The van der Waals surface area contributed by atoms with Crippen LogP contribution in [0.4, 0.5) is 0 Å². The molecule has 1 unspecified atom stereocenters. The Labute approximate surface area is 129 Å². The van der Waals surface area contributed by atoms with Gasteiger partial charge in [0.15, 0.2) is 0 Å². The molecule has 2 heteroatoms. The molecule has 1 atom stereocenters. The first-order valence-electron chi connectivity index (χ1n) is 7.95. The number of nitrogens with zero attached hydrogens (tertiary/aromatic N) is 1. The first-order chi connectivity index (χ1) is 9.81. The van der Waals surface area contributed by atoms with Crippen LogP contribution in [0.3, 0.4) is 0 Å². The maximum Gasteiger partial charge on any atom is 0.0708 e. The summed E-state index contributed by atoms with van der Waals surface area (Å²) in [4.78, 5) is 4.87. The summed E-state index contributed by atoms with van der Waals surface area (Å²) in [6.07, 6.45) is 1.15. The summed E-state index contributed by atoms with van der Waals surface area (Å²) < 4.78 is 0. The van der Waals surface area contributed by atoms with Gasteiger partial charge in [-0.15, -0.1) is 0 Å². The van der Waals surface area contributed by atoms with Gasteiger partial charge in [0.05, 0.1) is 5.52 Å². The van der Waals surface area contributed by atoms with E-state index >= 15 is 0 Å². The summed E-state index contributed by atoms with van der Waals surface area (Å²) >= 11 is 0. The van der Waals surface area contributed by atoms with Crippen LogP contribution in [-0.4, -0.2) is 11.0 Å². The predicted molar refractivity (Wildman–Crippen MR) is 91.8 cm³/mol. The van der Waals surface area contributed by atoms with E-state index in [1.807, 2.05) is 0 Å². The second kappa shape index (κ2) is 6.15. The Kier molecular flexibility index (Phi) is 4.67. The molecule has 114 valence electrons. The van der Waals surface area contributed by atoms with Crippen molar-refractivity contribution in [3.05, 3.63) is 41.1 Å². The van der Waals surface area contributed by atoms with Gasteiger partial charge in [-0.2, -0.15) is 0 Å². The molecule has 0 bridgehead atoms. The molecule has 2 aromatic rings. The molecule has 1 heterocycles. The summed E-state index contributed by atoms with van der Waals surface area (Å²) in [6, 6.07) is 9.36. The number of rotatable bonds is 4. The quantitative estimate of drug-likeness (QED) is 0.878. The highest BCUT2D eigenvalue weighted by Gasteiger charge is 2.18. The van der Waals surface area contributed by atoms with Crippen LogP contribution in [0.15, 0.2) is 24.3 Å². The molecular weight excluding hydrogens is 256 g/mol. The Balaban J connectivity index is 2.50. The molecule has 2 rings (SSSR count). The highest BCUT2D eigenvalue weighted by molar-refractivity contribution is 5.83. The summed E-state index contributed by atoms with van der Waals surface area (Å²) in [5.74, 6) is 0. The second-order valence-electron chi connectivity index (χ2n) is 7.13. The maximum absolute atomic E-state index is 4.87. The molecule has 0 saturated heterocycles. The third-order valence-electron chi connectivity index (χ3n) is 4.07. The van der Waals surface area contributed by atoms with E-state index in [0.29, 0.717) is 6.04 Å². The minimum absolute atomic E-state index is 0.0736. The van der Waals surface area contributed by atoms with Gasteiger partial charge in [-0.3, -0.25) is 4.98 Å². The lowest BCUT2D eigenvalue weighted by molar-refractivity contribution is 0.532. The number of aromatic nitrogens is 1. The van der Waals surface area contributed by atoms with Gasteiger partial charge in [0.1, 0.15) is 0 Å². The van der Waals surface area contributed by atoms with Crippen LogP contribution in [-0.2, 0) is 12.0 Å². The monoisotopic (exact) mass is 284 g/mol. The lowest BCUT2D eigenvalue weighted by atomic mass is 9.89. The van der Waals surface area contributed by atoms with Gasteiger partial charge < -0.3 is 5.32 Å². The molecule has 1 N–H and O–H groups in total. The molecule has 1 aromatic carbocycles. The van der Waals surface area contributed by atoms with Gasteiger partial charge in [-0.05, 0) is 44.0 Å². The minimum Gasteiger partial charge on any atom is -0.310 e. The molecule has 0 radical (unpaired) electrons. The second-order valence-corrected chi connectivity index (χ2v) is 7.13. The van der Waals surface area contributed by atoms with Gasteiger partial charge in [0.2, 0.25) is 0 Å². The van der Waals surface area contributed by atoms with E-state index in [0.717, 1.165) is 18.5 Å². The lowest BCUT2D eigenvalue weighted by Crippen LogP contribution is -2.25. The third kappa shape index (κ3) is 3.82. The van der Waals surface area contributed by atoms with Crippen LogP contribution in [0.5, 0.6) is 0 Å². The number of pyridine rings is 1. The number of aryl methyl sites for hydroxylation is 1. The molecule has 1 aromatic heterocycles. The summed E-state index contributed by atoms with van der Waals surface area (Å²) in [6.45, 7) is 14.2. The first kappa shape index (κ1) is 16.0. The Morgan fingerprint density at radius 1 is 1.19 bits per heavy atom. The van der Waals surface area contributed by atoms with Crippen LogP contribution >= 0.6 is 0 Å². The Hall–Kier alpha value is -1.41. The van der Waals surface area contributed by atoms with E-state index < -0.39 is 0 Å². The van der Waals surface area contributed by atoms with Crippen LogP contribution in [0.25, 0.3) is 10.9 Å². The van der Waals surface area contributed by atoms with Crippen molar-refractivity contribution in [3.63, 3.8) is 0 Å². The lowest BCUT2D eigenvalue weighted by Gasteiger charge is -2.21. The fraction of sp³-hybridized carbons (Fsp3) is 0.526. The van der Waals surface area contributed by atoms with Gasteiger partial charge in [-0.25, -0.2) is 0 Å². The number of hydrogen-bond acceptors (Lipinski definition) is 2. The van der Waals surface area contributed by atoms with E-state index in [2.05, 4.69) is 71.1 Å². The van der Waals surface area contributed by atoms with Crippen molar-refractivity contribution in [2.24, 2.45) is 0 Å². The SMILES string of the molecule is CCC(C)NCc1cc(C(C)(C)C)nc2ccc(C)cc12. The number of benzene rings is 1. The average Bonchev–Trinajstić information content (AvgIpc) is 2.43. The minimum atomic E-state index is 0.0736. The zero-order valence-corrected chi connectivity index (χ0v) is 14.2. The van der Waals surface area contributed by atoms with Crippen molar-refractivity contribution in [2.75, 3.05) is 0 Å². The maximum atomic E-state index is 4.87. The van der Waals surface area contributed by atoms with Gasteiger partial charge in [0.25, 0.3) is 0 Å². The molecule has 0 aliphatic carbocycles. The van der Waals surface area contributed by atoms with Gasteiger partial charge in [0, 0.05) is 29.1 Å². The summed E-state index contributed by atoms with van der Waals surface area (Å²) in [7, 11) is 0. The van der Waals surface area contributed by atoms with Crippen LogP contribution < -0.4 is 5.32 Å². The molecule has 0 aliphatic heterocycles. The first-order valence-corrected chi connectivity index (χ1v) is 7.95. The molecule has 0 amide bonds. The van der Waals surface area contributed by atoms with Crippen molar-refractivity contribution in [1.29, 1.82) is 0 Å². The van der Waals surface area contributed by atoms with Crippen LogP contribution in [0, 0.1) is 6.92 Å². The fourth-order valence-corrected chi connectivity index (χ4v) is 2.37. The van der Waals surface area contributed by atoms with Crippen molar-refractivity contribution in [3.8, 4) is 0 Å². The summed E-state index contributed by atoms with van der Waals surface area (Å²) in [5, 5.41) is 4.89. The normalized spacial score (nSPS) is 13.6. The van der Waals surface area contributed by atoms with E-state index in [1.54, 1.807) is 0 Å². The van der Waals surface area contributed by atoms with E-state index in [4.69, 9.17) is 4.98 Å². The number of hydrogen-bond donors (Lipinski definition) is 1. The summed E-state index contributed by atoms with van der Waals surface area (Å²) in [5.41, 5.74) is 4.99. The third-order valence-corrected chi connectivity index (χ3v) is 4.07. The van der Waals surface area contributed by atoms with Gasteiger partial charge in [-0.1, -0.05) is 39.3 Å². The zero-order chi connectivity index (χ0) is 15.6. The standard InChI is InChI=1S/C19H28N2/c1-7-14(3)20-12-15-11-18(19(4,5)6)21-17-9-8-13(2)10-16(15)17/h8-11,14,20H,7,12H2,1-6H3. The van der Waals surface area contributed by atoms with Crippen molar-refractivity contribution in [1.82, 2.24) is 10.3 Å². The highest BCUT2D eigenvalue weighted by Crippen LogP contribution is 2.27. The highest BCUT2D eigenvalue weighted by atomic mass is 14.9. The van der Waals surface area contributed by atoms with Crippen molar-refractivity contribution < 1.29 is 0 Å². The number of fused-ring (bicyclic) bond motifs is 1. The van der Waals surface area contributed by atoms with Crippen LogP contribution in [0.2, 0.25) is 0 Å². The molecule has 0 saturated carbocycles. The smallest absolute Gasteiger partial charge is 0.0708 e. The molecule has 0 spiro atoms. The Morgan fingerprint density at radius 2 is 1.90 bits per heavy atom. The van der Waals surface area contributed by atoms with E-state index in [1.165, 1.54) is 22.2 Å². The van der Waals surface area contributed by atoms with Crippen molar-refractivity contribution >= 4 is 10.9 Å². The number of nitrogens with one attached hydrogen (secondary N) is 1. The molecular formula is C19H28N2. The van der Waals surface area contributed by atoms with E-state index in [-0.39, 0.29) is 5.41 Å². The van der Waals surface area contributed by atoms with Crippen LogP contribution in [0.1, 0.15) is 57.9 Å². The molecule has 2 nitrogen and oxygen atoms in total. The van der Waals surface area contributed by atoms with E-state index in [9.17, 15) is 0 Å². The molecule has 0 fully saturated rings.